The third kappa shape index (κ3) is 5.71. The van der Waals surface area contributed by atoms with Gasteiger partial charge in [0.15, 0.2) is 11.5 Å². The van der Waals surface area contributed by atoms with E-state index >= 15 is 0 Å². The van der Waals surface area contributed by atoms with Crippen LogP contribution in [0.2, 0.25) is 0 Å². The van der Waals surface area contributed by atoms with E-state index in [2.05, 4.69) is 15.5 Å². The minimum atomic E-state index is -0.733. The topological polar surface area (TPSA) is 119 Å². The van der Waals surface area contributed by atoms with Crippen molar-refractivity contribution in [2.75, 3.05) is 60.2 Å². The highest BCUT2D eigenvalue weighted by Gasteiger charge is 2.35. The first kappa shape index (κ1) is 25.2. The number of carbonyl (C=O) groups is 3. The van der Waals surface area contributed by atoms with Crippen LogP contribution in [0.3, 0.4) is 0 Å². The zero-order valence-electron chi connectivity index (χ0n) is 20.0. The molecule has 1 fully saturated rings. The summed E-state index contributed by atoms with van der Waals surface area (Å²) in [6, 6.07) is 4.06. The van der Waals surface area contributed by atoms with Crippen molar-refractivity contribution in [1.82, 2.24) is 20.4 Å². The summed E-state index contributed by atoms with van der Waals surface area (Å²) in [7, 11) is 3.06. The lowest BCUT2D eigenvalue weighted by molar-refractivity contribution is -0.139. The lowest BCUT2D eigenvalue weighted by Crippen LogP contribution is -2.52. The lowest BCUT2D eigenvalue weighted by atomic mass is 9.94. The molecule has 1 unspecified atom stereocenters. The number of methoxy groups -OCH3 is 2. The molecule has 3 amide bonds. The number of nitrogens with one attached hydrogen (secondary N) is 2. The van der Waals surface area contributed by atoms with Gasteiger partial charge in [-0.1, -0.05) is 6.07 Å². The Balaban J connectivity index is 1.88. The fraction of sp³-hybridized carbons (Fsp3) is 0.522. The van der Waals surface area contributed by atoms with Crippen molar-refractivity contribution in [3.63, 3.8) is 0 Å². The average molecular weight is 477 g/mol. The number of piperazine rings is 1. The minimum absolute atomic E-state index is 0.195. The third-order valence-corrected chi connectivity index (χ3v) is 5.67. The van der Waals surface area contributed by atoms with Gasteiger partial charge in [-0.3, -0.25) is 4.90 Å². The highest BCUT2D eigenvalue weighted by molar-refractivity contribution is 5.95. The Kier molecular flexibility index (Phi) is 8.58. The number of esters is 1. The van der Waals surface area contributed by atoms with Gasteiger partial charge in [-0.2, -0.15) is 0 Å². The maximum absolute atomic E-state index is 13.0. The van der Waals surface area contributed by atoms with Crippen LogP contribution in [0.25, 0.3) is 0 Å². The molecule has 11 nitrogen and oxygen atoms in total. The molecule has 1 aromatic carbocycles. The largest absolute Gasteiger partial charge is 0.493 e. The second-order valence-electron chi connectivity index (χ2n) is 7.72. The van der Waals surface area contributed by atoms with Crippen LogP contribution in [0.15, 0.2) is 29.5 Å². The van der Waals surface area contributed by atoms with Gasteiger partial charge >= 0.3 is 18.1 Å². The van der Waals surface area contributed by atoms with Gasteiger partial charge in [0.2, 0.25) is 0 Å². The summed E-state index contributed by atoms with van der Waals surface area (Å²) in [6.07, 6.45) is -0.336. The van der Waals surface area contributed by atoms with E-state index in [1.54, 1.807) is 36.9 Å². The molecule has 0 radical (unpaired) electrons. The predicted octanol–water partition coefficient (Wildman–Crippen LogP) is 1.65. The highest BCUT2D eigenvalue weighted by Crippen LogP contribution is 2.34. The molecule has 186 valence electrons. The van der Waals surface area contributed by atoms with Crippen molar-refractivity contribution in [3.05, 3.63) is 35.0 Å². The van der Waals surface area contributed by atoms with Gasteiger partial charge in [0.05, 0.1) is 39.0 Å². The highest BCUT2D eigenvalue weighted by atomic mass is 16.6. The van der Waals surface area contributed by atoms with Gasteiger partial charge in [-0.05, 0) is 31.5 Å². The summed E-state index contributed by atoms with van der Waals surface area (Å²) in [5.41, 5.74) is 1.44. The first-order valence-corrected chi connectivity index (χ1v) is 11.2. The number of rotatable bonds is 8. The molecule has 2 heterocycles. The Morgan fingerprint density at radius 1 is 1.00 bits per heavy atom. The maximum Gasteiger partial charge on any atom is 0.409 e. The molecule has 1 aromatic rings. The number of urea groups is 1. The molecule has 3 rings (SSSR count). The molecule has 11 heteroatoms. The van der Waals surface area contributed by atoms with Crippen LogP contribution in [-0.2, 0) is 14.3 Å². The summed E-state index contributed by atoms with van der Waals surface area (Å²) >= 11 is 0. The van der Waals surface area contributed by atoms with Gasteiger partial charge in [0.25, 0.3) is 0 Å². The van der Waals surface area contributed by atoms with Crippen LogP contribution in [0.4, 0.5) is 9.59 Å². The van der Waals surface area contributed by atoms with Crippen molar-refractivity contribution in [3.8, 4) is 11.5 Å². The number of hydrogen-bond donors (Lipinski definition) is 2. The lowest BCUT2D eigenvalue weighted by Gasteiger charge is -2.36. The van der Waals surface area contributed by atoms with E-state index in [1.165, 1.54) is 14.2 Å². The average Bonchev–Trinajstić information content (AvgIpc) is 2.84. The summed E-state index contributed by atoms with van der Waals surface area (Å²) in [5.74, 6) is 0.496. The molecule has 0 aliphatic carbocycles. The van der Waals surface area contributed by atoms with Gasteiger partial charge in [0, 0.05) is 38.4 Å². The van der Waals surface area contributed by atoms with Crippen LogP contribution >= 0.6 is 0 Å². The molecule has 0 saturated carbocycles. The van der Waals surface area contributed by atoms with Crippen LogP contribution in [0.5, 0.6) is 11.5 Å². The zero-order chi connectivity index (χ0) is 24.7. The fourth-order valence-electron chi connectivity index (χ4n) is 4.00. The smallest absolute Gasteiger partial charge is 0.409 e. The molecule has 0 aromatic heterocycles. The molecule has 34 heavy (non-hydrogen) atoms. The molecular weight excluding hydrogens is 444 g/mol. The number of nitrogens with zero attached hydrogens (tertiary/aromatic N) is 2. The summed E-state index contributed by atoms with van der Waals surface area (Å²) in [5, 5.41) is 5.61. The van der Waals surface area contributed by atoms with Gasteiger partial charge < -0.3 is 34.5 Å². The Morgan fingerprint density at radius 3 is 2.29 bits per heavy atom. The van der Waals surface area contributed by atoms with Crippen molar-refractivity contribution < 1.29 is 33.3 Å². The van der Waals surface area contributed by atoms with Gasteiger partial charge in [-0.25, -0.2) is 14.4 Å². The summed E-state index contributed by atoms with van der Waals surface area (Å²) < 4.78 is 21.1. The fourth-order valence-corrected chi connectivity index (χ4v) is 4.00. The van der Waals surface area contributed by atoms with E-state index in [1.807, 2.05) is 0 Å². The monoisotopic (exact) mass is 476 g/mol. The Labute approximate surface area is 198 Å². The quantitative estimate of drug-likeness (QED) is 0.544. The van der Waals surface area contributed by atoms with E-state index in [0.29, 0.717) is 67.7 Å². The van der Waals surface area contributed by atoms with Crippen molar-refractivity contribution >= 4 is 18.1 Å². The SMILES string of the molecule is CCOC(=O)C1=C(CN2CCN(C(=O)OCC)CC2)NC(=O)NC1c1ccc(OC)c(OC)c1. The van der Waals surface area contributed by atoms with E-state index in [4.69, 9.17) is 18.9 Å². The van der Waals surface area contributed by atoms with E-state index in [0.717, 1.165) is 0 Å². The number of carbonyl (C=O) groups excluding carboxylic acids is 3. The third-order valence-electron chi connectivity index (χ3n) is 5.67. The Bertz CT molecular complexity index is 941. The normalized spacial score (nSPS) is 18.6. The van der Waals surface area contributed by atoms with E-state index in [9.17, 15) is 14.4 Å². The predicted molar refractivity (Wildman–Crippen MR) is 123 cm³/mol. The number of benzene rings is 1. The maximum atomic E-state index is 13.0. The van der Waals surface area contributed by atoms with Crippen LogP contribution in [-0.4, -0.2) is 88.1 Å². The first-order valence-electron chi connectivity index (χ1n) is 11.2. The molecule has 1 atom stereocenters. The Hall–Kier alpha value is -3.47. The summed E-state index contributed by atoms with van der Waals surface area (Å²) in [6.45, 7) is 6.47. The molecule has 2 N–H and O–H groups in total. The molecule has 0 spiro atoms. The zero-order valence-corrected chi connectivity index (χ0v) is 20.0. The first-order chi connectivity index (χ1) is 16.4. The van der Waals surface area contributed by atoms with E-state index in [-0.39, 0.29) is 12.7 Å². The second-order valence-corrected chi connectivity index (χ2v) is 7.72. The van der Waals surface area contributed by atoms with Crippen LogP contribution in [0.1, 0.15) is 25.5 Å². The van der Waals surface area contributed by atoms with Gasteiger partial charge in [-0.15, -0.1) is 0 Å². The van der Waals surface area contributed by atoms with E-state index < -0.39 is 18.0 Å². The minimum Gasteiger partial charge on any atom is -0.493 e. The van der Waals surface area contributed by atoms with Crippen molar-refractivity contribution in [2.24, 2.45) is 0 Å². The molecule has 1 saturated heterocycles. The number of ether oxygens (including phenoxy) is 4. The summed E-state index contributed by atoms with van der Waals surface area (Å²) in [4.78, 5) is 41.3. The van der Waals surface area contributed by atoms with Crippen LogP contribution < -0.4 is 20.1 Å². The molecule has 2 aliphatic rings. The molecular formula is C23H32N4O7. The molecule has 2 aliphatic heterocycles. The van der Waals surface area contributed by atoms with Crippen molar-refractivity contribution in [1.29, 1.82) is 0 Å². The number of hydrogen-bond acceptors (Lipinski definition) is 8. The van der Waals surface area contributed by atoms with Gasteiger partial charge in [0.1, 0.15) is 0 Å². The standard InChI is InChI=1S/C23H32N4O7/c1-5-33-21(28)19-16(14-26-9-11-27(12-10-26)23(30)34-6-2)24-22(29)25-20(19)15-7-8-17(31-3)18(13-15)32-4/h7-8,13,20H,5-6,9-12,14H2,1-4H3,(H2,24,25,29). The second kappa shape index (κ2) is 11.6. The van der Waals surface area contributed by atoms with Crippen molar-refractivity contribution in [2.45, 2.75) is 19.9 Å². The number of amides is 3. The molecule has 0 bridgehead atoms. The van der Waals surface area contributed by atoms with Crippen LogP contribution in [0, 0.1) is 0 Å². The Morgan fingerprint density at radius 2 is 1.68 bits per heavy atom.